The average Bonchev–Trinajstić information content (AvgIpc) is 3.46. The van der Waals surface area contributed by atoms with Crippen molar-refractivity contribution >= 4 is 17.6 Å². The van der Waals surface area contributed by atoms with Crippen LogP contribution in [0.25, 0.3) is 34.3 Å². The summed E-state index contributed by atoms with van der Waals surface area (Å²) in [5.41, 5.74) is 6.71. The number of ketones is 2. The van der Waals surface area contributed by atoms with E-state index in [0.29, 0.717) is 17.7 Å². The zero-order chi connectivity index (χ0) is 26.1. The van der Waals surface area contributed by atoms with Crippen molar-refractivity contribution < 1.29 is 14.3 Å². The Bertz CT molecular complexity index is 1640. The molecule has 0 spiro atoms. The van der Waals surface area contributed by atoms with E-state index in [2.05, 4.69) is 22.8 Å². The summed E-state index contributed by atoms with van der Waals surface area (Å²) >= 11 is 0. The largest absolute Gasteiger partial charge is 0.494 e. The number of nitrogens with zero attached hydrogens (tertiary/aromatic N) is 1. The maximum absolute atomic E-state index is 13.3. The van der Waals surface area contributed by atoms with E-state index in [-0.39, 0.29) is 17.1 Å². The molecule has 4 aromatic carbocycles. The summed E-state index contributed by atoms with van der Waals surface area (Å²) in [6, 6.07) is 37.2. The molecule has 0 amide bonds. The van der Waals surface area contributed by atoms with Gasteiger partial charge in [0.05, 0.1) is 23.6 Å². The first-order valence-electron chi connectivity index (χ1n) is 12.7. The number of carbonyl (C=O) groups is 2. The number of fused-ring (bicyclic) bond motifs is 1. The number of hydrogen-bond donors (Lipinski definition) is 0. The Morgan fingerprint density at radius 2 is 1.24 bits per heavy atom. The van der Waals surface area contributed by atoms with Crippen LogP contribution < -0.4 is 4.74 Å². The molecule has 6 rings (SSSR count). The van der Waals surface area contributed by atoms with Gasteiger partial charge in [-0.1, -0.05) is 84.9 Å². The van der Waals surface area contributed by atoms with Crippen LogP contribution in [0.5, 0.6) is 5.75 Å². The Morgan fingerprint density at radius 3 is 1.82 bits per heavy atom. The van der Waals surface area contributed by atoms with Gasteiger partial charge in [-0.25, -0.2) is 0 Å². The van der Waals surface area contributed by atoms with Gasteiger partial charge in [-0.2, -0.15) is 0 Å². The summed E-state index contributed by atoms with van der Waals surface area (Å²) < 4.78 is 7.87. The first-order chi connectivity index (χ1) is 18.7. The summed E-state index contributed by atoms with van der Waals surface area (Å²) in [5, 5.41) is 0. The standard InChI is InChI=1S/C34H25NO3/c1-2-38-27-19-17-26(18-20-27)35-31(23-11-5-3-6-12-23)22-25(32(35)24-13-7-4-8-14-24)21-30-33(36)28-15-9-10-16-29(28)34(30)37/h3-22H,2H2,1H3. The molecule has 4 heteroatoms. The SMILES string of the molecule is CCOc1ccc(-n2c(-c3ccccc3)cc(C=C3C(=O)c4ccccc4C3=O)c2-c2ccccc2)cc1. The topological polar surface area (TPSA) is 48.3 Å². The molecule has 38 heavy (non-hydrogen) atoms. The highest BCUT2D eigenvalue weighted by Crippen LogP contribution is 2.39. The third kappa shape index (κ3) is 4.06. The lowest BCUT2D eigenvalue weighted by Crippen LogP contribution is -2.02. The van der Waals surface area contributed by atoms with E-state index in [0.717, 1.165) is 39.5 Å². The number of allylic oxidation sites excluding steroid dienone is 1. The molecular weight excluding hydrogens is 470 g/mol. The van der Waals surface area contributed by atoms with E-state index in [4.69, 9.17) is 4.74 Å². The number of aromatic nitrogens is 1. The summed E-state index contributed by atoms with van der Waals surface area (Å²) in [5.74, 6) is 0.326. The summed E-state index contributed by atoms with van der Waals surface area (Å²) in [6.45, 7) is 2.56. The Hall–Kier alpha value is -4.96. The second kappa shape index (κ2) is 9.83. The van der Waals surface area contributed by atoms with Gasteiger partial charge in [0.1, 0.15) is 5.75 Å². The number of carbonyl (C=O) groups excluding carboxylic acids is 2. The molecule has 4 nitrogen and oxygen atoms in total. The van der Waals surface area contributed by atoms with Crippen LogP contribution in [-0.2, 0) is 0 Å². The summed E-state index contributed by atoms with van der Waals surface area (Å²) in [6.07, 6.45) is 1.75. The first-order valence-corrected chi connectivity index (χ1v) is 12.7. The lowest BCUT2D eigenvalue weighted by atomic mass is 10.0. The van der Waals surface area contributed by atoms with Gasteiger partial charge in [0.2, 0.25) is 0 Å². The van der Waals surface area contributed by atoms with E-state index in [1.807, 2.05) is 79.7 Å². The van der Waals surface area contributed by atoms with Gasteiger partial charge in [0.25, 0.3) is 0 Å². The van der Waals surface area contributed by atoms with Crippen molar-refractivity contribution in [1.82, 2.24) is 4.57 Å². The minimum Gasteiger partial charge on any atom is -0.494 e. The molecule has 1 aliphatic rings. The molecule has 5 aromatic rings. The van der Waals surface area contributed by atoms with E-state index >= 15 is 0 Å². The molecule has 1 heterocycles. The lowest BCUT2D eigenvalue weighted by molar-refractivity contribution is 0.0990. The molecule has 0 radical (unpaired) electrons. The number of benzene rings is 4. The molecule has 0 atom stereocenters. The van der Waals surface area contributed by atoms with Crippen molar-refractivity contribution in [2.24, 2.45) is 0 Å². The van der Waals surface area contributed by atoms with Gasteiger partial charge in [-0.3, -0.25) is 9.59 Å². The van der Waals surface area contributed by atoms with Crippen LogP contribution in [0.15, 0.2) is 121 Å². The average molecular weight is 496 g/mol. The number of ether oxygens (including phenoxy) is 1. The van der Waals surface area contributed by atoms with Gasteiger partial charge in [-0.05, 0) is 54.5 Å². The fourth-order valence-corrected chi connectivity index (χ4v) is 5.04. The van der Waals surface area contributed by atoms with Gasteiger partial charge < -0.3 is 9.30 Å². The fourth-order valence-electron chi connectivity index (χ4n) is 5.04. The summed E-state index contributed by atoms with van der Waals surface area (Å²) in [7, 11) is 0. The molecule has 1 aromatic heterocycles. The Labute approximate surface area is 221 Å². The molecule has 0 fully saturated rings. The normalized spacial score (nSPS) is 12.5. The Balaban J connectivity index is 1.62. The third-order valence-electron chi connectivity index (χ3n) is 6.76. The van der Waals surface area contributed by atoms with Crippen molar-refractivity contribution in [1.29, 1.82) is 0 Å². The third-order valence-corrected chi connectivity index (χ3v) is 6.76. The van der Waals surface area contributed by atoms with E-state index < -0.39 is 0 Å². The zero-order valence-electron chi connectivity index (χ0n) is 20.9. The predicted molar refractivity (Wildman–Crippen MR) is 151 cm³/mol. The van der Waals surface area contributed by atoms with E-state index in [1.165, 1.54) is 0 Å². The molecule has 1 aliphatic carbocycles. The molecule has 0 aliphatic heterocycles. The molecule has 0 saturated carbocycles. The van der Waals surface area contributed by atoms with Gasteiger partial charge in [0, 0.05) is 22.4 Å². The Kier molecular flexibility index (Phi) is 6.06. The first kappa shape index (κ1) is 23.4. The van der Waals surface area contributed by atoms with Crippen molar-refractivity contribution in [3.05, 3.63) is 138 Å². The van der Waals surface area contributed by atoms with Crippen molar-refractivity contribution in [3.63, 3.8) is 0 Å². The van der Waals surface area contributed by atoms with Crippen LogP contribution in [0.1, 0.15) is 33.2 Å². The number of rotatable bonds is 6. The molecular formula is C34H25NO3. The molecule has 0 unspecified atom stereocenters. The maximum atomic E-state index is 13.3. The second-order valence-electron chi connectivity index (χ2n) is 9.09. The maximum Gasteiger partial charge on any atom is 0.197 e. The van der Waals surface area contributed by atoms with Gasteiger partial charge in [0.15, 0.2) is 11.6 Å². The van der Waals surface area contributed by atoms with Crippen LogP contribution in [0.2, 0.25) is 0 Å². The highest BCUT2D eigenvalue weighted by Gasteiger charge is 2.33. The van der Waals surface area contributed by atoms with Crippen molar-refractivity contribution in [2.75, 3.05) is 6.61 Å². The smallest absolute Gasteiger partial charge is 0.197 e. The molecule has 184 valence electrons. The zero-order valence-corrected chi connectivity index (χ0v) is 20.9. The van der Waals surface area contributed by atoms with Crippen LogP contribution in [0.3, 0.4) is 0 Å². The highest BCUT2D eigenvalue weighted by molar-refractivity contribution is 6.41. The van der Waals surface area contributed by atoms with Crippen LogP contribution in [-0.4, -0.2) is 22.7 Å². The van der Waals surface area contributed by atoms with Gasteiger partial charge >= 0.3 is 0 Å². The van der Waals surface area contributed by atoms with E-state index in [1.54, 1.807) is 30.3 Å². The van der Waals surface area contributed by atoms with Gasteiger partial charge in [-0.15, -0.1) is 0 Å². The minimum absolute atomic E-state index is 0.187. The number of hydrogen-bond acceptors (Lipinski definition) is 3. The molecule has 0 saturated heterocycles. The monoisotopic (exact) mass is 495 g/mol. The quantitative estimate of drug-likeness (QED) is 0.179. The number of Topliss-reactive ketones (excluding diaryl/α,β-unsaturated/α-hetero) is 2. The van der Waals surface area contributed by atoms with Crippen molar-refractivity contribution in [3.8, 4) is 34.0 Å². The Morgan fingerprint density at radius 1 is 0.684 bits per heavy atom. The highest BCUT2D eigenvalue weighted by atomic mass is 16.5. The fraction of sp³-hybridized carbons (Fsp3) is 0.0588. The molecule has 0 bridgehead atoms. The van der Waals surface area contributed by atoms with Crippen LogP contribution in [0.4, 0.5) is 0 Å². The summed E-state index contributed by atoms with van der Waals surface area (Å²) in [4.78, 5) is 26.6. The second-order valence-corrected chi connectivity index (χ2v) is 9.09. The van der Waals surface area contributed by atoms with Crippen LogP contribution in [0, 0.1) is 0 Å². The predicted octanol–water partition coefficient (Wildman–Crippen LogP) is 7.67. The van der Waals surface area contributed by atoms with Crippen LogP contribution >= 0.6 is 0 Å². The minimum atomic E-state index is -0.236. The molecule has 0 N–H and O–H groups in total. The lowest BCUT2D eigenvalue weighted by Gasteiger charge is -2.16. The van der Waals surface area contributed by atoms with E-state index in [9.17, 15) is 9.59 Å². The van der Waals surface area contributed by atoms with Crippen molar-refractivity contribution in [2.45, 2.75) is 6.92 Å².